The van der Waals surface area contributed by atoms with Crippen molar-refractivity contribution in [1.29, 1.82) is 0 Å². The van der Waals surface area contributed by atoms with Crippen molar-refractivity contribution in [3.8, 4) is 0 Å². The van der Waals surface area contributed by atoms with Crippen LogP contribution in [0.15, 0.2) is 48.7 Å². The van der Waals surface area contributed by atoms with Gasteiger partial charge in [0.15, 0.2) is 0 Å². The number of nitrogens with one attached hydrogen (secondary N) is 1. The number of carbonyl (C=O) groups is 1. The lowest BCUT2D eigenvalue weighted by Gasteiger charge is -2.20. The minimum Gasteiger partial charge on any atom is -0.373 e. The number of hydrogen-bond acceptors (Lipinski definition) is 4. The van der Waals surface area contributed by atoms with E-state index in [2.05, 4.69) is 46.1 Å². The Morgan fingerprint density at radius 3 is 2.38 bits per heavy atom. The largest absolute Gasteiger partial charge is 0.373 e. The first kappa shape index (κ1) is 17.8. The van der Waals surface area contributed by atoms with Crippen LogP contribution in [-0.2, 0) is 0 Å². The van der Waals surface area contributed by atoms with Crippen molar-refractivity contribution in [2.45, 2.75) is 13.8 Å². The number of carbonyl (C=O) groups excluding carboxylic acids is 1. The number of likely N-dealkylation sites (N-methyl/N-ethyl adjacent to an activating group) is 1. The van der Waals surface area contributed by atoms with Crippen LogP contribution in [0, 0.1) is 0 Å². The molecule has 1 amide bonds. The van der Waals surface area contributed by atoms with E-state index in [1.165, 1.54) is 0 Å². The zero-order chi connectivity index (χ0) is 17.4. The van der Waals surface area contributed by atoms with E-state index in [-0.39, 0.29) is 5.91 Å². The number of nitrogens with zero attached hydrogens (tertiary/aromatic N) is 3. The van der Waals surface area contributed by atoms with Crippen molar-refractivity contribution < 1.29 is 4.79 Å². The first-order valence-corrected chi connectivity index (χ1v) is 8.41. The number of pyridine rings is 1. The van der Waals surface area contributed by atoms with E-state index in [0.717, 1.165) is 31.1 Å². The molecule has 2 aromatic rings. The number of amides is 1. The molecule has 0 spiro atoms. The Balaban J connectivity index is 1.84. The normalized spacial score (nSPS) is 10.3. The van der Waals surface area contributed by atoms with Gasteiger partial charge >= 0.3 is 0 Å². The molecule has 0 aliphatic rings. The van der Waals surface area contributed by atoms with Crippen LogP contribution in [0.1, 0.15) is 24.2 Å². The van der Waals surface area contributed by atoms with Crippen molar-refractivity contribution in [2.24, 2.45) is 0 Å². The predicted molar refractivity (Wildman–Crippen MR) is 99.8 cm³/mol. The molecule has 24 heavy (non-hydrogen) atoms. The Labute approximate surface area is 144 Å². The second-order valence-electron chi connectivity index (χ2n) is 5.59. The molecule has 0 saturated carbocycles. The molecular weight excluding hydrogens is 300 g/mol. The molecule has 0 atom stereocenters. The molecule has 1 aromatic heterocycles. The Morgan fingerprint density at radius 2 is 1.79 bits per heavy atom. The lowest BCUT2D eigenvalue weighted by molar-refractivity contribution is 0.0954. The summed E-state index contributed by atoms with van der Waals surface area (Å²) >= 11 is 0. The molecule has 1 N–H and O–H groups in total. The van der Waals surface area contributed by atoms with Crippen LogP contribution < -0.4 is 15.1 Å². The highest BCUT2D eigenvalue weighted by Crippen LogP contribution is 2.11. The van der Waals surface area contributed by atoms with Gasteiger partial charge in [-0.1, -0.05) is 18.2 Å². The third kappa shape index (κ3) is 4.72. The molecule has 0 bridgehead atoms. The summed E-state index contributed by atoms with van der Waals surface area (Å²) in [5, 5.41) is 2.94. The first-order valence-electron chi connectivity index (χ1n) is 8.41. The third-order valence-electron chi connectivity index (χ3n) is 4.03. The Bertz CT molecular complexity index is 624. The fourth-order valence-corrected chi connectivity index (χ4v) is 2.51. The molecule has 1 heterocycles. The number of anilines is 2. The molecule has 128 valence electrons. The standard InChI is InChI=1S/C19H26N4O/c1-4-23(5-2)18-12-11-16(15-21-18)19(24)20-13-14-22(3)17-9-7-6-8-10-17/h6-12,15H,4-5,13-14H2,1-3H3,(H,20,24). The molecular formula is C19H26N4O. The summed E-state index contributed by atoms with van der Waals surface area (Å²) in [6.07, 6.45) is 1.64. The van der Waals surface area contributed by atoms with Crippen molar-refractivity contribution in [1.82, 2.24) is 10.3 Å². The highest BCUT2D eigenvalue weighted by molar-refractivity contribution is 5.94. The summed E-state index contributed by atoms with van der Waals surface area (Å²) in [7, 11) is 2.02. The van der Waals surface area contributed by atoms with Gasteiger partial charge in [0.2, 0.25) is 0 Å². The topological polar surface area (TPSA) is 48.5 Å². The number of rotatable bonds is 8. The summed E-state index contributed by atoms with van der Waals surface area (Å²) in [5.74, 6) is 0.815. The molecule has 0 saturated heterocycles. The van der Waals surface area contributed by atoms with Crippen molar-refractivity contribution in [3.05, 3.63) is 54.2 Å². The summed E-state index contributed by atoms with van der Waals surface area (Å²) in [6.45, 7) is 7.33. The minimum atomic E-state index is -0.0879. The number of hydrogen-bond donors (Lipinski definition) is 1. The highest BCUT2D eigenvalue weighted by Gasteiger charge is 2.08. The van der Waals surface area contributed by atoms with Crippen molar-refractivity contribution >= 4 is 17.4 Å². The van der Waals surface area contributed by atoms with Crippen LogP contribution in [0.4, 0.5) is 11.5 Å². The average molecular weight is 326 g/mol. The van der Waals surface area contributed by atoms with Gasteiger partial charge in [-0.05, 0) is 38.1 Å². The molecule has 5 heteroatoms. The van der Waals surface area contributed by atoms with Crippen molar-refractivity contribution in [2.75, 3.05) is 43.0 Å². The van der Waals surface area contributed by atoms with E-state index < -0.39 is 0 Å². The van der Waals surface area contributed by atoms with E-state index in [1.54, 1.807) is 6.20 Å². The first-order chi connectivity index (χ1) is 11.7. The third-order valence-corrected chi connectivity index (χ3v) is 4.03. The second-order valence-corrected chi connectivity index (χ2v) is 5.59. The average Bonchev–Trinajstić information content (AvgIpc) is 2.64. The zero-order valence-electron chi connectivity index (χ0n) is 14.7. The summed E-state index contributed by atoms with van der Waals surface area (Å²) < 4.78 is 0. The van der Waals surface area contributed by atoms with Crippen LogP contribution in [0.3, 0.4) is 0 Å². The minimum absolute atomic E-state index is 0.0879. The van der Waals surface area contributed by atoms with Gasteiger partial charge in [-0.2, -0.15) is 0 Å². The number of para-hydroxylation sites is 1. The summed E-state index contributed by atoms with van der Waals surface area (Å²) in [5.41, 5.74) is 1.73. The fourth-order valence-electron chi connectivity index (χ4n) is 2.51. The maximum Gasteiger partial charge on any atom is 0.252 e. The van der Waals surface area contributed by atoms with E-state index in [4.69, 9.17) is 0 Å². The van der Waals surface area contributed by atoms with Crippen LogP contribution >= 0.6 is 0 Å². The van der Waals surface area contributed by atoms with Gasteiger partial charge < -0.3 is 15.1 Å². The maximum atomic E-state index is 12.2. The van der Waals surface area contributed by atoms with Gasteiger partial charge in [0.25, 0.3) is 5.91 Å². The van der Waals surface area contributed by atoms with Crippen LogP contribution in [0.25, 0.3) is 0 Å². The summed E-state index contributed by atoms with van der Waals surface area (Å²) in [6, 6.07) is 13.8. The Hall–Kier alpha value is -2.56. The highest BCUT2D eigenvalue weighted by atomic mass is 16.1. The van der Waals surface area contributed by atoms with Gasteiger partial charge in [-0.3, -0.25) is 4.79 Å². The Kier molecular flexibility index (Phi) is 6.61. The van der Waals surface area contributed by atoms with Crippen LogP contribution in [-0.4, -0.2) is 44.1 Å². The van der Waals surface area contributed by atoms with Gasteiger partial charge in [-0.25, -0.2) is 4.98 Å². The van der Waals surface area contributed by atoms with Crippen LogP contribution in [0.5, 0.6) is 0 Å². The molecule has 1 aromatic carbocycles. The monoisotopic (exact) mass is 326 g/mol. The lowest BCUT2D eigenvalue weighted by Crippen LogP contribution is -2.33. The SMILES string of the molecule is CCN(CC)c1ccc(C(=O)NCCN(C)c2ccccc2)cn1. The van der Waals surface area contributed by atoms with E-state index in [1.807, 2.05) is 37.4 Å². The Morgan fingerprint density at radius 1 is 1.08 bits per heavy atom. The van der Waals surface area contributed by atoms with E-state index in [9.17, 15) is 4.79 Å². The van der Waals surface area contributed by atoms with Gasteiger partial charge in [0, 0.05) is 45.1 Å². The second kappa shape index (κ2) is 8.91. The fraction of sp³-hybridized carbons (Fsp3) is 0.368. The van der Waals surface area contributed by atoms with E-state index in [0.29, 0.717) is 12.1 Å². The zero-order valence-corrected chi connectivity index (χ0v) is 14.7. The van der Waals surface area contributed by atoms with Crippen molar-refractivity contribution in [3.63, 3.8) is 0 Å². The van der Waals surface area contributed by atoms with Crippen LogP contribution in [0.2, 0.25) is 0 Å². The predicted octanol–water partition coefficient (Wildman–Crippen LogP) is 2.79. The molecule has 0 aliphatic carbocycles. The van der Waals surface area contributed by atoms with Gasteiger partial charge in [0.1, 0.15) is 5.82 Å². The number of benzene rings is 1. The molecule has 0 unspecified atom stereocenters. The summed E-state index contributed by atoms with van der Waals surface area (Å²) in [4.78, 5) is 20.8. The van der Waals surface area contributed by atoms with Gasteiger partial charge in [-0.15, -0.1) is 0 Å². The molecule has 5 nitrogen and oxygen atoms in total. The van der Waals surface area contributed by atoms with Gasteiger partial charge in [0.05, 0.1) is 5.56 Å². The maximum absolute atomic E-state index is 12.2. The number of aromatic nitrogens is 1. The smallest absolute Gasteiger partial charge is 0.252 e. The van der Waals surface area contributed by atoms with E-state index >= 15 is 0 Å². The molecule has 0 aliphatic heterocycles. The molecule has 0 radical (unpaired) electrons. The lowest BCUT2D eigenvalue weighted by atomic mass is 10.2. The molecule has 0 fully saturated rings. The molecule has 2 rings (SSSR count). The quantitative estimate of drug-likeness (QED) is 0.810.